The second-order valence-electron chi connectivity index (χ2n) is 4.44. The van der Waals surface area contributed by atoms with Gasteiger partial charge < -0.3 is 5.32 Å². The average Bonchev–Trinajstić information content (AvgIpc) is 2.45. The van der Waals surface area contributed by atoms with Gasteiger partial charge in [-0.15, -0.1) is 0 Å². The zero-order chi connectivity index (χ0) is 14.7. The van der Waals surface area contributed by atoms with Crippen molar-refractivity contribution in [1.29, 1.82) is 0 Å². The van der Waals surface area contributed by atoms with Gasteiger partial charge in [-0.3, -0.25) is 0 Å². The Morgan fingerprint density at radius 3 is 2.15 bits per heavy atom. The van der Waals surface area contributed by atoms with Gasteiger partial charge in [-0.25, -0.2) is 17.6 Å². The van der Waals surface area contributed by atoms with E-state index in [1.165, 1.54) is 18.2 Å². The first kappa shape index (κ1) is 14.5. The third kappa shape index (κ3) is 2.99. The third-order valence-electron chi connectivity index (χ3n) is 3.14. The predicted octanol–water partition coefficient (Wildman–Crippen LogP) is 3.75. The van der Waals surface area contributed by atoms with E-state index in [-0.39, 0.29) is 11.4 Å². The Kier molecular flexibility index (Phi) is 4.39. The molecule has 0 amide bonds. The van der Waals surface area contributed by atoms with Gasteiger partial charge >= 0.3 is 0 Å². The molecule has 0 saturated heterocycles. The van der Waals surface area contributed by atoms with Crippen LogP contribution in [0.25, 0.3) is 0 Å². The molecule has 5 heteroatoms. The van der Waals surface area contributed by atoms with Gasteiger partial charge in [-0.05, 0) is 37.2 Å². The minimum Gasteiger partial charge on any atom is -0.313 e. The van der Waals surface area contributed by atoms with E-state index in [9.17, 15) is 17.6 Å². The fraction of sp³-hybridized carbons (Fsp3) is 0.200. The molecule has 0 heterocycles. The predicted molar refractivity (Wildman–Crippen MR) is 68.2 cm³/mol. The molecule has 0 aromatic heterocycles. The smallest absolute Gasteiger partial charge is 0.194 e. The van der Waals surface area contributed by atoms with Gasteiger partial charge in [0.1, 0.15) is 5.82 Å². The van der Waals surface area contributed by atoms with E-state index in [1.54, 1.807) is 19.2 Å². The molecule has 1 atom stereocenters. The van der Waals surface area contributed by atoms with Crippen molar-refractivity contribution in [3.8, 4) is 0 Å². The van der Waals surface area contributed by atoms with Gasteiger partial charge in [-0.1, -0.05) is 18.2 Å². The van der Waals surface area contributed by atoms with E-state index in [2.05, 4.69) is 5.32 Å². The summed E-state index contributed by atoms with van der Waals surface area (Å²) in [5.74, 6) is -4.27. The summed E-state index contributed by atoms with van der Waals surface area (Å²) in [6.07, 6.45) is 0.332. The number of hydrogen-bond donors (Lipinski definition) is 1. The normalized spacial score (nSPS) is 12.4. The number of likely N-dealkylation sites (N-methyl/N-ethyl adjacent to an activating group) is 1. The highest BCUT2D eigenvalue weighted by Crippen LogP contribution is 2.24. The second-order valence-corrected chi connectivity index (χ2v) is 4.44. The molecule has 0 fully saturated rings. The van der Waals surface area contributed by atoms with Crippen molar-refractivity contribution >= 4 is 0 Å². The van der Waals surface area contributed by atoms with Gasteiger partial charge in [0, 0.05) is 11.6 Å². The maximum atomic E-state index is 13.8. The van der Waals surface area contributed by atoms with Crippen molar-refractivity contribution in [3.05, 3.63) is 70.8 Å². The fourth-order valence-corrected chi connectivity index (χ4v) is 2.03. The number of rotatable bonds is 4. The van der Waals surface area contributed by atoms with Gasteiger partial charge in [0.05, 0.1) is 0 Å². The molecule has 1 unspecified atom stereocenters. The summed E-state index contributed by atoms with van der Waals surface area (Å²) in [6.45, 7) is 0. The Labute approximate surface area is 114 Å². The monoisotopic (exact) mass is 283 g/mol. The Morgan fingerprint density at radius 1 is 0.900 bits per heavy atom. The van der Waals surface area contributed by atoms with Crippen molar-refractivity contribution in [2.75, 3.05) is 7.05 Å². The molecule has 2 rings (SSSR count). The molecule has 0 saturated carbocycles. The molecule has 106 valence electrons. The summed E-state index contributed by atoms with van der Waals surface area (Å²) < 4.78 is 52.7. The molecule has 1 N–H and O–H groups in total. The zero-order valence-electron chi connectivity index (χ0n) is 10.8. The maximum Gasteiger partial charge on any atom is 0.194 e. The SMILES string of the molecule is CNC(Cc1ccc(F)cc1)c1ccc(F)c(F)c1F. The minimum absolute atomic E-state index is 0.0377. The second kappa shape index (κ2) is 6.05. The van der Waals surface area contributed by atoms with Crippen molar-refractivity contribution in [2.45, 2.75) is 12.5 Å². The van der Waals surface area contributed by atoms with E-state index in [0.29, 0.717) is 6.42 Å². The summed E-state index contributed by atoms with van der Waals surface area (Å²) in [5, 5.41) is 2.85. The van der Waals surface area contributed by atoms with Crippen molar-refractivity contribution < 1.29 is 17.6 Å². The minimum atomic E-state index is -1.48. The molecule has 2 aromatic rings. The molecule has 1 nitrogen and oxygen atoms in total. The van der Waals surface area contributed by atoms with E-state index in [4.69, 9.17) is 0 Å². The van der Waals surface area contributed by atoms with Crippen LogP contribution in [0.4, 0.5) is 17.6 Å². The van der Waals surface area contributed by atoms with Gasteiger partial charge in [0.2, 0.25) is 0 Å². The molecule has 20 heavy (non-hydrogen) atoms. The first-order valence-corrected chi connectivity index (χ1v) is 6.08. The summed E-state index contributed by atoms with van der Waals surface area (Å²) in [7, 11) is 1.59. The summed E-state index contributed by atoms with van der Waals surface area (Å²) >= 11 is 0. The van der Waals surface area contributed by atoms with Crippen LogP contribution in [0.2, 0.25) is 0 Å². The Balaban J connectivity index is 2.29. The van der Waals surface area contributed by atoms with Crippen LogP contribution in [-0.4, -0.2) is 7.05 Å². The summed E-state index contributed by atoms with van der Waals surface area (Å²) in [5.41, 5.74) is 0.797. The Morgan fingerprint density at radius 2 is 1.55 bits per heavy atom. The Bertz CT molecular complexity index is 596. The van der Waals surface area contributed by atoms with Crippen LogP contribution in [0.15, 0.2) is 36.4 Å². The Hall–Kier alpha value is -1.88. The van der Waals surface area contributed by atoms with E-state index < -0.39 is 23.5 Å². The zero-order valence-corrected chi connectivity index (χ0v) is 10.8. The molecule has 0 radical (unpaired) electrons. The lowest BCUT2D eigenvalue weighted by Crippen LogP contribution is -2.21. The highest BCUT2D eigenvalue weighted by Gasteiger charge is 2.20. The molecule has 0 aliphatic heterocycles. The number of halogens is 4. The lowest BCUT2D eigenvalue weighted by atomic mass is 9.98. The molecular formula is C15H13F4N. The number of hydrogen-bond acceptors (Lipinski definition) is 1. The quantitative estimate of drug-likeness (QED) is 0.665. The number of nitrogens with one attached hydrogen (secondary N) is 1. The van der Waals surface area contributed by atoms with Gasteiger partial charge in [0.25, 0.3) is 0 Å². The van der Waals surface area contributed by atoms with Crippen LogP contribution in [0, 0.1) is 23.3 Å². The van der Waals surface area contributed by atoms with Crippen molar-refractivity contribution in [3.63, 3.8) is 0 Å². The van der Waals surface area contributed by atoms with Gasteiger partial charge in [0.15, 0.2) is 17.5 Å². The van der Waals surface area contributed by atoms with E-state index >= 15 is 0 Å². The molecule has 0 bridgehead atoms. The van der Waals surface area contributed by atoms with Crippen LogP contribution < -0.4 is 5.32 Å². The van der Waals surface area contributed by atoms with Crippen molar-refractivity contribution in [2.24, 2.45) is 0 Å². The average molecular weight is 283 g/mol. The first-order valence-electron chi connectivity index (χ1n) is 6.08. The molecular weight excluding hydrogens is 270 g/mol. The van der Waals surface area contributed by atoms with Crippen LogP contribution in [-0.2, 0) is 6.42 Å². The third-order valence-corrected chi connectivity index (χ3v) is 3.14. The first-order chi connectivity index (χ1) is 9.52. The topological polar surface area (TPSA) is 12.0 Å². The molecule has 0 aliphatic rings. The summed E-state index contributed by atoms with van der Waals surface area (Å²) in [6, 6.07) is 7.29. The van der Waals surface area contributed by atoms with Crippen LogP contribution in [0.3, 0.4) is 0 Å². The highest BCUT2D eigenvalue weighted by molar-refractivity contribution is 5.26. The summed E-state index contributed by atoms with van der Waals surface area (Å²) in [4.78, 5) is 0. The molecule has 2 aromatic carbocycles. The van der Waals surface area contributed by atoms with Crippen LogP contribution in [0.1, 0.15) is 17.2 Å². The van der Waals surface area contributed by atoms with Gasteiger partial charge in [-0.2, -0.15) is 0 Å². The lowest BCUT2D eigenvalue weighted by Gasteiger charge is -2.18. The van der Waals surface area contributed by atoms with Crippen molar-refractivity contribution in [1.82, 2.24) is 5.32 Å². The van der Waals surface area contributed by atoms with Crippen LogP contribution in [0.5, 0.6) is 0 Å². The standard InChI is InChI=1S/C15H13F4N/c1-20-13(8-9-2-4-10(16)5-3-9)11-6-7-12(17)15(19)14(11)18/h2-7,13,20H,8H2,1H3. The lowest BCUT2D eigenvalue weighted by molar-refractivity contribution is 0.428. The largest absolute Gasteiger partial charge is 0.313 e. The molecule has 0 aliphatic carbocycles. The van der Waals surface area contributed by atoms with E-state index in [1.807, 2.05) is 0 Å². The highest BCUT2D eigenvalue weighted by atomic mass is 19.2. The van der Waals surface area contributed by atoms with E-state index in [0.717, 1.165) is 11.6 Å². The number of benzene rings is 2. The fourth-order valence-electron chi connectivity index (χ4n) is 2.03. The van der Waals surface area contributed by atoms with Crippen LogP contribution >= 0.6 is 0 Å². The maximum absolute atomic E-state index is 13.8. The molecule has 0 spiro atoms.